The first-order valence-corrected chi connectivity index (χ1v) is 6.52. The average Bonchev–Trinajstić information content (AvgIpc) is 2.30. The van der Waals surface area contributed by atoms with E-state index in [1.54, 1.807) is 0 Å². The lowest BCUT2D eigenvalue weighted by molar-refractivity contribution is 0.614. The highest BCUT2D eigenvalue weighted by Gasteiger charge is 2.03. The molecule has 0 aromatic heterocycles. The van der Waals surface area contributed by atoms with E-state index in [0.29, 0.717) is 0 Å². The third-order valence-corrected chi connectivity index (χ3v) is 3.15. The Hall–Kier alpha value is -1.42. The largest absolute Gasteiger partial charge is 0.293 e. The standard InChI is InChI=1S/C12H13NO2S/c14-16(15)9-10-1-3-11(4-2-10)12-5-7-13-8-6-12/h1-5,7,16H,6,8-9H2. The predicted octanol–water partition coefficient (Wildman–Crippen LogP) is 1.66. The van der Waals surface area contributed by atoms with E-state index in [-0.39, 0.29) is 5.75 Å². The van der Waals surface area contributed by atoms with Crippen LogP contribution in [0, 0.1) is 0 Å². The van der Waals surface area contributed by atoms with Crippen LogP contribution in [0.3, 0.4) is 0 Å². The Morgan fingerprint density at radius 3 is 2.50 bits per heavy atom. The smallest absolute Gasteiger partial charge is 0.144 e. The lowest BCUT2D eigenvalue weighted by Gasteiger charge is -2.09. The topological polar surface area (TPSA) is 46.5 Å². The highest BCUT2D eigenvalue weighted by Crippen LogP contribution is 2.20. The van der Waals surface area contributed by atoms with Gasteiger partial charge in [-0.25, -0.2) is 8.42 Å². The van der Waals surface area contributed by atoms with Crippen LogP contribution in [0.1, 0.15) is 17.5 Å². The summed E-state index contributed by atoms with van der Waals surface area (Å²) in [6.45, 7) is 0.833. The summed E-state index contributed by atoms with van der Waals surface area (Å²) in [5, 5.41) is 0. The molecule has 0 spiro atoms. The summed E-state index contributed by atoms with van der Waals surface area (Å²) in [4.78, 5) is 4.13. The zero-order chi connectivity index (χ0) is 11.4. The number of aliphatic imine (C=N–C) groups is 1. The molecule has 0 atom stereocenters. The molecule has 1 aliphatic heterocycles. The Labute approximate surface area is 96.5 Å². The van der Waals surface area contributed by atoms with Gasteiger partial charge in [-0.3, -0.25) is 4.99 Å². The zero-order valence-corrected chi connectivity index (χ0v) is 9.69. The monoisotopic (exact) mass is 235 g/mol. The van der Waals surface area contributed by atoms with Gasteiger partial charge in [0.15, 0.2) is 0 Å². The van der Waals surface area contributed by atoms with E-state index >= 15 is 0 Å². The summed E-state index contributed by atoms with van der Waals surface area (Å²) in [5.41, 5.74) is 3.24. The molecule has 1 heterocycles. The molecule has 84 valence electrons. The quantitative estimate of drug-likeness (QED) is 0.810. The lowest BCUT2D eigenvalue weighted by atomic mass is 10.0. The molecule has 0 fully saturated rings. The Morgan fingerprint density at radius 1 is 1.19 bits per heavy atom. The van der Waals surface area contributed by atoms with Gasteiger partial charge >= 0.3 is 0 Å². The van der Waals surface area contributed by atoms with Crippen molar-refractivity contribution < 1.29 is 8.42 Å². The first kappa shape index (κ1) is 11.1. The summed E-state index contributed by atoms with van der Waals surface area (Å²) in [6.07, 6.45) is 4.78. The minimum Gasteiger partial charge on any atom is -0.293 e. The van der Waals surface area contributed by atoms with Crippen LogP contribution < -0.4 is 0 Å². The van der Waals surface area contributed by atoms with Gasteiger partial charge in [0.25, 0.3) is 0 Å². The van der Waals surface area contributed by atoms with Crippen molar-refractivity contribution in [3.05, 3.63) is 41.5 Å². The Morgan fingerprint density at radius 2 is 1.94 bits per heavy atom. The molecule has 2 rings (SSSR count). The van der Waals surface area contributed by atoms with Gasteiger partial charge in [0.1, 0.15) is 10.7 Å². The van der Waals surface area contributed by atoms with Crippen molar-refractivity contribution >= 4 is 22.5 Å². The lowest BCUT2D eigenvalue weighted by Crippen LogP contribution is -1.95. The molecule has 1 aromatic carbocycles. The van der Waals surface area contributed by atoms with Crippen molar-refractivity contribution in [3.63, 3.8) is 0 Å². The summed E-state index contributed by atoms with van der Waals surface area (Å²) >= 11 is 0. The van der Waals surface area contributed by atoms with Gasteiger partial charge in [0, 0.05) is 12.8 Å². The maximum absolute atomic E-state index is 10.6. The van der Waals surface area contributed by atoms with Crippen LogP contribution in [0.4, 0.5) is 0 Å². The molecule has 0 saturated carbocycles. The zero-order valence-electron chi connectivity index (χ0n) is 8.80. The third kappa shape index (κ3) is 2.79. The molecule has 0 amide bonds. The van der Waals surface area contributed by atoms with Crippen LogP contribution in [0.5, 0.6) is 0 Å². The fourth-order valence-electron chi connectivity index (χ4n) is 1.70. The SMILES string of the molecule is O=[SH](=O)Cc1ccc(C2=CC=NCC2)cc1. The third-order valence-electron chi connectivity index (χ3n) is 2.53. The molecule has 0 N–H and O–H groups in total. The van der Waals surface area contributed by atoms with Gasteiger partial charge in [0.05, 0.1) is 5.75 Å². The molecule has 0 bridgehead atoms. The Kier molecular flexibility index (Phi) is 3.51. The van der Waals surface area contributed by atoms with Crippen LogP contribution in [0.2, 0.25) is 0 Å². The number of hydrogen-bond acceptors (Lipinski definition) is 3. The fourth-order valence-corrected chi connectivity index (χ4v) is 2.21. The van der Waals surface area contributed by atoms with Gasteiger partial charge in [0.2, 0.25) is 0 Å². The number of dihydropyridines is 1. The molecule has 1 aliphatic rings. The van der Waals surface area contributed by atoms with Crippen molar-refractivity contribution in [2.45, 2.75) is 12.2 Å². The molecule has 0 unspecified atom stereocenters. The van der Waals surface area contributed by atoms with Crippen LogP contribution in [-0.4, -0.2) is 21.2 Å². The number of hydrogen-bond donors (Lipinski definition) is 1. The highest BCUT2D eigenvalue weighted by molar-refractivity contribution is 7.71. The van der Waals surface area contributed by atoms with Crippen LogP contribution >= 0.6 is 0 Å². The van der Waals surface area contributed by atoms with E-state index in [0.717, 1.165) is 24.1 Å². The molecule has 1 aromatic rings. The summed E-state index contributed by atoms with van der Waals surface area (Å²) in [7, 11) is -2.34. The van der Waals surface area contributed by atoms with Crippen molar-refractivity contribution in [1.82, 2.24) is 0 Å². The molecular formula is C12H13NO2S. The number of rotatable bonds is 3. The normalized spacial score (nSPS) is 15.2. The Balaban J connectivity index is 2.18. The highest BCUT2D eigenvalue weighted by atomic mass is 32.2. The van der Waals surface area contributed by atoms with Crippen molar-refractivity contribution in [2.75, 3.05) is 6.54 Å². The summed E-state index contributed by atoms with van der Waals surface area (Å²) in [6, 6.07) is 7.68. The van der Waals surface area contributed by atoms with Crippen LogP contribution in [0.25, 0.3) is 5.57 Å². The van der Waals surface area contributed by atoms with Crippen molar-refractivity contribution in [3.8, 4) is 0 Å². The molecule has 0 radical (unpaired) electrons. The molecule has 0 saturated heterocycles. The summed E-state index contributed by atoms with van der Waals surface area (Å²) < 4.78 is 21.1. The van der Waals surface area contributed by atoms with Gasteiger partial charge in [-0.1, -0.05) is 24.3 Å². The van der Waals surface area contributed by atoms with E-state index in [1.807, 2.05) is 36.6 Å². The minimum atomic E-state index is -2.34. The van der Waals surface area contributed by atoms with E-state index in [9.17, 15) is 8.42 Å². The van der Waals surface area contributed by atoms with Crippen molar-refractivity contribution in [1.29, 1.82) is 0 Å². The maximum Gasteiger partial charge on any atom is 0.144 e. The van der Waals surface area contributed by atoms with Gasteiger partial charge in [-0.15, -0.1) is 0 Å². The second-order valence-electron chi connectivity index (χ2n) is 3.68. The average molecular weight is 235 g/mol. The number of nitrogens with zero attached hydrogens (tertiary/aromatic N) is 1. The number of allylic oxidation sites excluding steroid dienone is 1. The molecule has 0 aliphatic carbocycles. The molecule has 16 heavy (non-hydrogen) atoms. The first-order valence-electron chi connectivity index (χ1n) is 5.16. The van der Waals surface area contributed by atoms with E-state index in [4.69, 9.17) is 0 Å². The van der Waals surface area contributed by atoms with Gasteiger partial charge in [-0.2, -0.15) is 0 Å². The molecule has 4 heteroatoms. The second-order valence-corrected chi connectivity index (χ2v) is 4.67. The molecular weight excluding hydrogens is 222 g/mol. The summed E-state index contributed by atoms with van der Waals surface area (Å²) in [5.74, 6) is 0.121. The van der Waals surface area contributed by atoms with E-state index < -0.39 is 10.7 Å². The van der Waals surface area contributed by atoms with E-state index in [2.05, 4.69) is 4.99 Å². The Bertz CT molecular complexity index is 490. The fraction of sp³-hybridized carbons (Fsp3) is 0.250. The van der Waals surface area contributed by atoms with Crippen LogP contribution in [-0.2, 0) is 16.5 Å². The second kappa shape index (κ2) is 5.07. The number of benzene rings is 1. The molecule has 3 nitrogen and oxygen atoms in total. The maximum atomic E-state index is 10.6. The van der Waals surface area contributed by atoms with Crippen LogP contribution in [0.15, 0.2) is 35.3 Å². The minimum absolute atomic E-state index is 0.121. The first-order chi connectivity index (χ1) is 7.75. The number of thiol groups is 1. The predicted molar refractivity (Wildman–Crippen MR) is 66.4 cm³/mol. The van der Waals surface area contributed by atoms with E-state index in [1.165, 1.54) is 5.57 Å². The van der Waals surface area contributed by atoms with Crippen molar-refractivity contribution in [2.24, 2.45) is 4.99 Å². The van der Waals surface area contributed by atoms with Gasteiger partial charge in [-0.05, 0) is 29.2 Å². The van der Waals surface area contributed by atoms with Gasteiger partial charge < -0.3 is 0 Å².